The Kier molecular flexibility index (Phi) is 4.29. The molecule has 0 spiro atoms. The fraction of sp³-hybridized carbons (Fsp3) is 0.294. The van der Waals surface area contributed by atoms with Crippen LogP contribution in [0.1, 0.15) is 6.42 Å². The van der Waals surface area contributed by atoms with E-state index in [2.05, 4.69) is 61.0 Å². The second-order valence-electron chi connectivity index (χ2n) is 5.39. The van der Waals surface area contributed by atoms with Crippen molar-refractivity contribution < 1.29 is 0 Å². The fourth-order valence-electron chi connectivity index (χ4n) is 3.09. The first kappa shape index (κ1) is 14.3. The average molecular weight is 317 g/mol. The maximum atomic E-state index is 2.39. The van der Waals surface area contributed by atoms with Gasteiger partial charge in [-0.05, 0) is 48.9 Å². The first-order valence-corrected chi connectivity index (χ1v) is 11.9. The van der Waals surface area contributed by atoms with E-state index in [1.165, 1.54) is 28.3 Å². The summed E-state index contributed by atoms with van der Waals surface area (Å²) in [6.45, 7) is 0. The fourth-order valence-corrected chi connectivity index (χ4v) is 8.07. The van der Waals surface area contributed by atoms with E-state index in [4.69, 9.17) is 0 Å². The van der Waals surface area contributed by atoms with E-state index in [1.807, 2.05) is 23.5 Å². The lowest BCUT2D eigenvalue weighted by molar-refractivity contribution is 0.927. The van der Waals surface area contributed by atoms with Crippen LogP contribution >= 0.6 is 23.5 Å². The lowest BCUT2D eigenvalue weighted by Crippen LogP contribution is -2.62. The smallest absolute Gasteiger partial charge is 0.118 e. The molecule has 0 saturated carbocycles. The Morgan fingerprint density at radius 2 is 1.10 bits per heavy atom. The van der Waals surface area contributed by atoms with Crippen LogP contribution < -0.4 is 10.4 Å². The molecular formula is C17H20S2Si. The van der Waals surface area contributed by atoms with Gasteiger partial charge in [-0.2, -0.15) is 0 Å². The highest BCUT2D eigenvalue weighted by Crippen LogP contribution is 2.32. The number of benzene rings is 2. The van der Waals surface area contributed by atoms with Gasteiger partial charge in [0.2, 0.25) is 0 Å². The van der Waals surface area contributed by atoms with Crippen LogP contribution in [0, 0.1) is 0 Å². The molecule has 0 aliphatic carbocycles. The van der Waals surface area contributed by atoms with Crippen LogP contribution in [0.2, 0.25) is 12.1 Å². The van der Waals surface area contributed by atoms with Crippen LogP contribution in [0.25, 0.3) is 0 Å². The van der Waals surface area contributed by atoms with Gasteiger partial charge in [-0.3, -0.25) is 0 Å². The van der Waals surface area contributed by atoms with Gasteiger partial charge in [0.15, 0.2) is 0 Å². The van der Waals surface area contributed by atoms with E-state index in [-0.39, 0.29) is 0 Å². The quantitative estimate of drug-likeness (QED) is 0.615. The normalized spacial score (nSPS) is 16.7. The predicted octanol–water partition coefficient (Wildman–Crippen LogP) is 4.10. The maximum absolute atomic E-state index is 2.39. The molecule has 3 heteroatoms. The van der Waals surface area contributed by atoms with E-state index in [0.717, 1.165) is 0 Å². The molecule has 3 rings (SSSR count). The minimum Gasteiger partial charge on any atom is -0.130 e. The molecule has 1 fully saturated rings. The Morgan fingerprint density at radius 1 is 0.700 bits per heavy atom. The molecule has 104 valence electrons. The van der Waals surface area contributed by atoms with Crippen molar-refractivity contribution in [2.24, 2.45) is 0 Å². The first-order valence-electron chi connectivity index (χ1n) is 7.07. The van der Waals surface area contributed by atoms with Crippen molar-refractivity contribution in [3.63, 3.8) is 0 Å². The highest BCUT2D eigenvalue weighted by Gasteiger charge is 2.42. The Morgan fingerprint density at radius 3 is 1.35 bits per heavy atom. The van der Waals surface area contributed by atoms with Gasteiger partial charge >= 0.3 is 0 Å². The van der Waals surface area contributed by atoms with Crippen LogP contribution in [0.3, 0.4) is 0 Å². The van der Waals surface area contributed by atoms with E-state index in [1.54, 1.807) is 10.4 Å². The SMILES string of the molecule is CSc1ccc([Si]2(c3ccc(SC)cc3)CCC2)cc1. The molecule has 0 nitrogen and oxygen atoms in total. The molecule has 1 aliphatic rings. The summed E-state index contributed by atoms with van der Waals surface area (Å²) >= 11 is 3.65. The number of thioether (sulfide) groups is 2. The second kappa shape index (κ2) is 6.00. The van der Waals surface area contributed by atoms with Crippen molar-refractivity contribution in [2.45, 2.75) is 28.3 Å². The maximum Gasteiger partial charge on any atom is 0.118 e. The first-order chi connectivity index (χ1) is 9.78. The molecule has 1 aliphatic heterocycles. The summed E-state index contributed by atoms with van der Waals surface area (Å²) in [6, 6.07) is 21.6. The highest BCUT2D eigenvalue weighted by molar-refractivity contribution is 7.98. The molecule has 0 aromatic heterocycles. The van der Waals surface area contributed by atoms with Gasteiger partial charge in [0.25, 0.3) is 0 Å². The van der Waals surface area contributed by atoms with Crippen molar-refractivity contribution in [3.05, 3.63) is 48.5 Å². The number of hydrogen-bond acceptors (Lipinski definition) is 2. The lowest BCUT2D eigenvalue weighted by Gasteiger charge is -2.41. The van der Waals surface area contributed by atoms with E-state index in [9.17, 15) is 0 Å². The summed E-state index contributed by atoms with van der Waals surface area (Å²) in [7, 11) is -1.38. The third-order valence-electron chi connectivity index (χ3n) is 4.49. The zero-order valence-corrected chi connectivity index (χ0v) is 14.7. The monoisotopic (exact) mass is 316 g/mol. The highest BCUT2D eigenvalue weighted by atomic mass is 32.2. The topological polar surface area (TPSA) is 0 Å². The van der Waals surface area contributed by atoms with E-state index in [0.29, 0.717) is 0 Å². The van der Waals surface area contributed by atoms with Gasteiger partial charge in [0, 0.05) is 9.79 Å². The van der Waals surface area contributed by atoms with Crippen LogP contribution in [-0.4, -0.2) is 20.6 Å². The zero-order valence-electron chi connectivity index (χ0n) is 12.1. The average Bonchev–Trinajstić information content (AvgIpc) is 2.47. The van der Waals surface area contributed by atoms with Crippen molar-refractivity contribution in [1.82, 2.24) is 0 Å². The number of rotatable bonds is 4. The van der Waals surface area contributed by atoms with Crippen molar-refractivity contribution in [1.29, 1.82) is 0 Å². The molecule has 0 amide bonds. The van der Waals surface area contributed by atoms with Gasteiger partial charge in [-0.1, -0.05) is 41.1 Å². The largest absolute Gasteiger partial charge is 0.130 e. The van der Waals surface area contributed by atoms with Crippen molar-refractivity contribution >= 4 is 42.0 Å². The molecular weight excluding hydrogens is 296 g/mol. The van der Waals surface area contributed by atoms with Gasteiger partial charge in [0.05, 0.1) is 0 Å². The molecule has 0 radical (unpaired) electrons. The minimum absolute atomic E-state index is 1.37. The summed E-state index contributed by atoms with van der Waals surface area (Å²) in [5.74, 6) is 0. The Labute approximate surface area is 131 Å². The van der Waals surface area contributed by atoms with Gasteiger partial charge in [0.1, 0.15) is 8.07 Å². The summed E-state index contributed by atoms with van der Waals surface area (Å²) < 4.78 is 0. The van der Waals surface area contributed by atoms with Gasteiger partial charge in [-0.15, -0.1) is 23.5 Å². The van der Waals surface area contributed by atoms with Crippen LogP contribution in [0.4, 0.5) is 0 Å². The molecule has 1 heterocycles. The predicted molar refractivity (Wildman–Crippen MR) is 95.7 cm³/mol. The van der Waals surface area contributed by atoms with Crippen LogP contribution in [-0.2, 0) is 0 Å². The molecule has 0 unspecified atom stereocenters. The molecule has 2 aromatic rings. The Hall–Kier alpha value is -0.643. The summed E-state index contributed by atoms with van der Waals surface area (Å²) in [4.78, 5) is 2.74. The Balaban J connectivity index is 1.96. The lowest BCUT2D eigenvalue weighted by atomic mass is 10.3. The van der Waals surface area contributed by atoms with Gasteiger partial charge in [-0.25, -0.2) is 0 Å². The molecule has 0 atom stereocenters. The third kappa shape index (κ3) is 2.47. The molecule has 0 N–H and O–H groups in total. The molecule has 1 saturated heterocycles. The molecule has 20 heavy (non-hydrogen) atoms. The Bertz CT molecular complexity index is 521. The zero-order chi connectivity index (χ0) is 14.0. The molecule has 0 bridgehead atoms. The van der Waals surface area contributed by atoms with Crippen molar-refractivity contribution in [3.8, 4) is 0 Å². The standard InChI is InChI=1S/C17H20S2Si/c1-18-14-4-8-16(9-5-14)20(12-3-13-20)17-10-6-15(19-2)7-11-17/h4-11H,3,12-13H2,1-2H3. The summed E-state index contributed by atoms with van der Waals surface area (Å²) in [5.41, 5.74) is 0. The molecule has 2 aromatic carbocycles. The minimum atomic E-state index is -1.38. The summed E-state index contributed by atoms with van der Waals surface area (Å²) in [6.07, 6.45) is 5.69. The van der Waals surface area contributed by atoms with Crippen molar-refractivity contribution in [2.75, 3.05) is 12.5 Å². The van der Waals surface area contributed by atoms with E-state index >= 15 is 0 Å². The summed E-state index contributed by atoms with van der Waals surface area (Å²) in [5, 5.41) is 3.25. The van der Waals surface area contributed by atoms with Crippen LogP contribution in [0.15, 0.2) is 58.3 Å². The van der Waals surface area contributed by atoms with Crippen LogP contribution in [0.5, 0.6) is 0 Å². The van der Waals surface area contributed by atoms with E-state index < -0.39 is 8.07 Å². The second-order valence-corrected chi connectivity index (χ2v) is 11.5. The number of hydrogen-bond donors (Lipinski definition) is 0. The van der Waals surface area contributed by atoms with Gasteiger partial charge < -0.3 is 0 Å². The third-order valence-corrected chi connectivity index (χ3v) is 11.3.